The summed E-state index contributed by atoms with van der Waals surface area (Å²) in [4.78, 5) is 14.4. The number of carbonyl (C=O) groups is 1. The Morgan fingerprint density at radius 2 is 2.12 bits per heavy atom. The minimum Gasteiger partial charge on any atom is -0.493 e. The molecule has 3 rings (SSSR count). The highest BCUT2D eigenvalue weighted by atomic mass is 19.1. The van der Waals surface area contributed by atoms with Crippen LogP contribution in [0.5, 0.6) is 5.75 Å². The monoisotopic (exact) mass is 345 g/mol. The van der Waals surface area contributed by atoms with Crippen LogP contribution in [0.1, 0.15) is 25.0 Å². The number of ether oxygens (including phenoxy) is 1. The molecule has 2 aromatic rings. The highest BCUT2D eigenvalue weighted by Gasteiger charge is 2.24. The molecule has 1 fully saturated rings. The maximum absolute atomic E-state index is 12.9. The molecule has 0 aliphatic carbocycles. The van der Waals surface area contributed by atoms with Gasteiger partial charge in [0.25, 0.3) is 0 Å². The first-order valence-corrected chi connectivity index (χ1v) is 8.75. The van der Waals surface area contributed by atoms with Crippen molar-refractivity contribution >= 4 is 5.91 Å². The van der Waals surface area contributed by atoms with Crippen LogP contribution in [-0.4, -0.2) is 40.3 Å². The van der Waals surface area contributed by atoms with E-state index < -0.39 is 0 Å². The van der Waals surface area contributed by atoms with Crippen LogP contribution >= 0.6 is 0 Å². The summed E-state index contributed by atoms with van der Waals surface area (Å²) in [5.74, 6) is 0.906. The van der Waals surface area contributed by atoms with Crippen molar-refractivity contribution in [1.29, 1.82) is 0 Å². The second-order valence-corrected chi connectivity index (χ2v) is 6.56. The van der Waals surface area contributed by atoms with Crippen LogP contribution in [0.25, 0.3) is 0 Å². The van der Waals surface area contributed by atoms with Gasteiger partial charge in [0, 0.05) is 44.4 Å². The van der Waals surface area contributed by atoms with Gasteiger partial charge in [-0.15, -0.1) is 0 Å². The minimum atomic E-state index is -0.268. The molecule has 0 saturated carbocycles. The largest absolute Gasteiger partial charge is 0.493 e. The number of benzene rings is 1. The predicted molar refractivity (Wildman–Crippen MR) is 92.7 cm³/mol. The molecule has 1 aliphatic heterocycles. The molecule has 1 aromatic heterocycles. The van der Waals surface area contributed by atoms with Crippen LogP contribution in [0, 0.1) is 11.7 Å². The summed E-state index contributed by atoms with van der Waals surface area (Å²) in [6, 6.07) is 8.00. The number of hydrogen-bond acceptors (Lipinski definition) is 3. The number of aromatic nitrogens is 2. The van der Waals surface area contributed by atoms with Gasteiger partial charge in [0.15, 0.2) is 0 Å². The molecule has 2 heterocycles. The Morgan fingerprint density at radius 1 is 1.32 bits per heavy atom. The Morgan fingerprint density at radius 3 is 2.84 bits per heavy atom. The number of piperidine rings is 1. The summed E-state index contributed by atoms with van der Waals surface area (Å²) in [5.41, 5.74) is 1.07. The Kier molecular flexibility index (Phi) is 5.68. The summed E-state index contributed by atoms with van der Waals surface area (Å²) in [6.45, 7) is 2.10. The third kappa shape index (κ3) is 4.81. The van der Waals surface area contributed by atoms with Crippen molar-refractivity contribution in [2.75, 3.05) is 19.7 Å². The van der Waals surface area contributed by atoms with Crippen LogP contribution in [0.15, 0.2) is 36.5 Å². The van der Waals surface area contributed by atoms with Gasteiger partial charge in [-0.25, -0.2) is 4.39 Å². The van der Waals surface area contributed by atoms with E-state index in [9.17, 15) is 9.18 Å². The summed E-state index contributed by atoms with van der Waals surface area (Å²) in [6.07, 6.45) is 5.01. The van der Waals surface area contributed by atoms with E-state index >= 15 is 0 Å². The van der Waals surface area contributed by atoms with E-state index in [4.69, 9.17) is 4.74 Å². The van der Waals surface area contributed by atoms with Crippen molar-refractivity contribution in [3.8, 4) is 5.75 Å². The summed E-state index contributed by atoms with van der Waals surface area (Å²) >= 11 is 0. The van der Waals surface area contributed by atoms with Crippen molar-refractivity contribution in [3.05, 3.63) is 48.0 Å². The highest BCUT2D eigenvalue weighted by molar-refractivity contribution is 5.76. The maximum atomic E-state index is 12.9. The molecule has 1 aromatic carbocycles. The lowest BCUT2D eigenvalue weighted by Crippen LogP contribution is -2.41. The Labute approximate surface area is 147 Å². The van der Waals surface area contributed by atoms with Gasteiger partial charge in [-0.2, -0.15) is 5.10 Å². The number of aryl methyl sites for hydroxylation is 2. The quantitative estimate of drug-likeness (QED) is 0.809. The molecule has 0 spiro atoms. The van der Waals surface area contributed by atoms with E-state index in [2.05, 4.69) is 5.10 Å². The molecule has 134 valence electrons. The summed E-state index contributed by atoms with van der Waals surface area (Å²) in [5, 5.41) is 4.13. The second kappa shape index (κ2) is 8.14. The lowest BCUT2D eigenvalue weighted by Gasteiger charge is -2.32. The molecular formula is C19H24FN3O2. The Bertz CT molecular complexity index is 699. The van der Waals surface area contributed by atoms with Crippen LogP contribution in [0.4, 0.5) is 4.39 Å². The smallest absolute Gasteiger partial charge is 0.222 e. The van der Waals surface area contributed by atoms with Crippen LogP contribution < -0.4 is 4.74 Å². The zero-order valence-electron chi connectivity index (χ0n) is 14.5. The number of nitrogens with zero attached hydrogens (tertiary/aromatic N) is 3. The van der Waals surface area contributed by atoms with E-state index in [1.54, 1.807) is 18.3 Å². The van der Waals surface area contributed by atoms with Crippen molar-refractivity contribution in [1.82, 2.24) is 14.7 Å². The molecule has 1 saturated heterocycles. The maximum Gasteiger partial charge on any atom is 0.222 e. The molecule has 0 bridgehead atoms. The molecule has 6 heteroatoms. The fourth-order valence-corrected chi connectivity index (χ4v) is 3.21. The van der Waals surface area contributed by atoms with Crippen LogP contribution in [0.3, 0.4) is 0 Å². The molecule has 1 amide bonds. The zero-order chi connectivity index (χ0) is 17.6. The van der Waals surface area contributed by atoms with Gasteiger partial charge in [-0.05, 0) is 49.6 Å². The average molecular weight is 345 g/mol. The number of hydrogen-bond donors (Lipinski definition) is 0. The number of likely N-dealkylation sites (tertiary alicyclic amines) is 1. The number of carbonyl (C=O) groups excluding carboxylic acids is 1. The molecule has 25 heavy (non-hydrogen) atoms. The third-order valence-electron chi connectivity index (χ3n) is 4.69. The molecule has 0 unspecified atom stereocenters. The zero-order valence-corrected chi connectivity index (χ0v) is 14.5. The molecule has 5 nitrogen and oxygen atoms in total. The van der Waals surface area contributed by atoms with E-state index in [1.807, 2.05) is 22.7 Å². The van der Waals surface area contributed by atoms with E-state index in [1.165, 1.54) is 12.1 Å². The Balaban J connectivity index is 1.46. The van der Waals surface area contributed by atoms with Gasteiger partial charge in [0.05, 0.1) is 6.61 Å². The lowest BCUT2D eigenvalue weighted by atomic mass is 9.98. The predicted octanol–water partition coefficient (Wildman–Crippen LogP) is 2.81. The molecule has 1 atom stereocenters. The first-order chi connectivity index (χ1) is 12.1. The normalized spacial score (nSPS) is 17.5. The van der Waals surface area contributed by atoms with Crippen LogP contribution in [-0.2, 0) is 18.3 Å². The molecule has 0 radical (unpaired) electrons. The van der Waals surface area contributed by atoms with E-state index in [0.717, 1.165) is 31.6 Å². The van der Waals surface area contributed by atoms with Gasteiger partial charge < -0.3 is 9.64 Å². The van der Waals surface area contributed by atoms with E-state index in [0.29, 0.717) is 31.1 Å². The average Bonchev–Trinajstić information content (AvgIpc) is 3.04. The van der Waals surface area contributed by atoms with Crippen molar-refractivity contribution in [2.45, 2.75) is 25.7 Å². The first kappa shape index (κ1) is 17.5. The van der Waals surface area contributed by atoms with Gasteiger partial charge in [0.2, 0.25) is 5.91 Å². The summed E-state index contributed by atoms with van der Waals surface area (Å²) in [7, 11) is 1.89. The third-order valence-corrected chi connectivity index (χ3v) is 4.69. The first-order valence-electron chi connectivity index (χ1n) is 8.75. The van der Waals surface area contributed by atoms with Gasteiger partial charge in [-0.3, -0.25) is 9.48 Å². The molecule has 1 aliphatic rings. The standard InChI is InChI=1S/C19H24FN3O2/c1-22-17(10-11-21-22)6-9-19(24)23-12-2-3-15(13-23)14-25-18-7-4-16(20)5-8-18/h4-5,7-8,10-11,15H,2-3,6,9,12-14H2,1H3/t15-/m0/s1. The molecular weight excluding hydrogens is 321 g/mol. The molecule has 0 N–H and O–H groups in total. The van der Waals surface area contributed by atoms with Gasteiger partial charge in [0.1, 0.15) is 11.6 Å². The van der Waals surface area contributed by atoms with Gasteiger partial charge in [-0.1, -0.05) is 0 Å². The van der Waals surface area contributed by atoms with Gasteiger partial charge >= 0.3 is 0 Å². The topological polar surface area (TPSA) is 47.4 Å². The Hall–Kier alpha value is -2.37. The fraction of sp³-hybridized carbons (Fsp3) is 0.474. The van der Waals surface area contributed by atoms with Crippen LogP contribution in [0.2, 0.25) is 0 Å². The minimum absolute atomic E-state index is 0.188. The highest BCUT2D eigenvalue weighted by Crippen LogP contribution is 2.20. The number of amides is 1. The second-order valence-electron chi connectivity index (χ2n) is 6.56. The fourth-order valence-electron chi connectivity index (χ4n) is 3.21. The number of halogens is 1. The summed E-state index contributed by atoms with van der Waals surface area (Å²) < 4.78 is 20.5. The number of rotatable bonds is 6. The van der Waals surface area contributed by atoms with Crippen molar-refractivity contribution in [3.63, 3.8) is 0 Å². The SMILES string of the molecule is Cn1nccc1CCC(=O)N1CCC[C@H](COc2ccc(F)cc2)C1. The van der Waals surface area contributed by atoms with Crippen molar-refractivity contribution in [2.24, 2.45) is 13.0 Å². The van der Waals surface area contributed by atoms with Crippen molar-refractivity contribution < 1.29 is 13.9 Å². The lowest BCUT2D eigenvalue weighted by molar-refractivity contribution is -0.133. The van der Waals surface area contributed by atoms with E-state index in [-0.39, 0.29) is 11.7 Å².